The lowest BCUT2D eigenvalue weighted by atomic mass is 9.91. The van der Waals surface area contributed by atoms with Gasteiger partial charge in [-0.3, -0.25) is 4.79 Å². The van der Waals surface area contributed by atoms with Crippen molar-refractivity contribution in [3.63, 3.8) is 0 Å². The molecule has 7 nitrogen and oxygen atoms in total. The molecule has 1 atom stereocenters. The van der Waals surface area contributed by atoms with Crippen LogP contribution in [-0.4, -0.2) is 59.5 Å². The number of nitrogens with zero attached hydrogens (tertiary/aromatic N) is 2. The van der Waals surface area contributed by atoms with Gasteiger partial charge in [0, 0.05) is 37.2 Å². The molecule has 2 aromatic rings. The zero-order valence-corrected chi connectivity index (χ0v) is 20.4. The number of ether oxygens (including phenoxy) is 2. The molecule has 0 saturated carbocycles. The molecule has 1 spiro atoms. The highest BCUT2D eigenvalue weighted by molar-refractivity contribution is 5.97. The van der Waals surface area contributed by atoms with Crippen molar-refractivity contribution in [1.29, 1.82) is 0 Å². The van der Waals surface area contributed by atoms with E-state index in [1.54, 1.807) is 15.9 Å². The third kappa shape index (κ3) is 4.43. The first kappa shape index (κ1) is 23.1. The molecule has 35 heavy (non-hydrogen) atoms. The molecule has 3 aliphatic rings. The minimum atomic E-state index is -0.740. The third-order valence-electron chi connectivity index (χ3n) is 6.81. The molecule has 0 N–H and O–H groups in total. The second kappa shape index (κ2) is 8.56. The van der Waals surface area contributed by atoms with Crippen molar-refractivity contribution in [2.24, 2.45) is 0 Å². The molecule has 182 valence electrons. The van der Waals surface area contributed by atoms with Gasteiger partial charge < -0.3 is 19.3 Å². The van der Waals surface area contributed by atoms with Gasteiger partial charge in [0.15, 0.2) is 5.60 Å². The fourth-order valence-corrected chi connectivity index (χ4v) is 5.04. The molecule has 1 saturated heterocycles. The normalized spacial score (nSPS) is 21.6. The highest BCUT2D eigenvalue weighted by Crippen LogP contribution is 2.43. The summed E-state index contributed by atoms with van der Waals surface area (Å²) in [5.74, 6) is -0.382. The van der Waals surface area contributed by atoms with E-state index in [0.717, 1.165) is 23.1 Å². The minimum Gasteiger partial charge on any atom is -0.449 e. The summed E-state index contributed by atoms with van der Waals surface area (Å²) in [7, 11) is 0. The quantitative estimate of drug-likeness (QED) is 0.594. The highest BCUT2D eigenvalue weighted by atomic mass is 16.6. The maximum atomic E-state index is 13.2. The lowest BCUT2D eigenvalue weighted by Crippen LogP contribution is -2.39. The zero-order valence-electron chi connectivity index (χ0n) is 20.4. The number of carbonyl (C=O) groups is 3. The predicted molar refractivity (Wildman–Crippen MR) is 131 cm³/mol. The number of amides is 2. The van der Waals surface area contributed by atoms with E-state index in [1.807, 2.05) is 69.3 Å². The van der Waals surface area contributed by atoms with Gasteiger partial charge >= 0.3 is 12.1 Å². The topological polar surface area (TPSA) is 76.2 Å². The van der Waals surface area contributed by atoms with Crippen LogP contribution in [0, 0.1) is 0 Å². The number of esters is 1. The van der Waals surface area contributed by atoms with Crippen molar-refractivity contribution in [2.45, 2.75) is 44.8 Å². The van der Waals surface area contributed by atoms with E-state index in [1.165, 1.54) is 0 Å². The SMILES string of the molecule is CC(C)(C)OC(=O)N1CC=C(c2ccc(C(=O)N3CC[C@@]4(C3)OC(=O)c3ccccc34)cc2)CC1. The Morgan fingerprint density at radius 3 is 2.43 bits per heavy atom. The molecule has 3 heterocycles. The Morgan fingerprint density at radius 1 is 1.00 bits per heavy atom. The molecule has 2 amide bonds. The Hall–Kier alpha value is -3.61. The largest absolute Gasteiger partial charge is 0.449 e. The Balaban J connectivity index is 1.24. The number of rotatable bonds is 2. The van der Waals surface area contributed by atoms with Crippen LogP contribution in [0.15, 0.2) is 54.6 Å². The lowest BCUT2D eigenvalue weighted by molar-refractivity contribution is -0.00308. The molecule has 3 aliphatic heterocycles. The van der Waals surface area contributed by atoms with Crippen LogP contribution in [-0.2, 0) is 15.1 Å². The van der Waals surface area contributed by atoms with Gasteiger partial charge in [-0.2, -0.15) is 0 Å². The molecular formula is C28H30N2O5. The fraction of sp³-hybridized carbons (Fsp3) is 0.393. The monoisotopic (exact) mass is 474 g/mol. The standard InChI is InChI=1S/C28H30N2O5/c1-27(2,3)35-26(33)29-15-12-20(13-16-29)19-8-10-21(11-9-19)24(31)30-17-14-28(18-30)23-7-5-4-6-22(23)25(32)34-28/h4-12H,13-18H2,1-3H3/t28-/m0/s1. The van der Waals surface area contributed by atoms with Crippen molar-refractivity contribution >= 4 is 23.5 Å². The van der Waals surface area contributed by atoms with Gasteiger partial charge in [-0.15, -0.1) is 0 Å². The Kier molecular flexibility index (Phi) is 5.66. The lowest BCUT2D eigenvalue weighted by Gasteiger charge is -2.29. The molecule has 0 unspecified atom stereocenters. The molecule has 0 aliphatic carbocycles. The first-order valence-corrected chi connectivity index (χ1v) is 12.0. The number of carbonyl (C=O) groups excluding carboxylic acids is 3. The number of benzene rings is 2. The molecule has 7 heteroatoms. The first-order chi connectivity index (χ1) is 16.7. The number of hydrogen-bond donors (Lipinski definition) is 0. The van der Waals surface area contributed by atoms with Gasteiger partial charge in [0.2, 0.25) is 0 Å². The van der Waals surface area contributed by atoms with E-state index in [-0.39, 0.29) is 18.0 Å². The fourth-order valence-electron chi connectivity index (χ4n) is 5.04. The molecule has 0 aromatic heterocycles. The van der Waals surface area contributed by atoms with E-state index in [0.29, 0.717) is 43.7 Å². The Morgan fingerprint density at radius 2 is 1.74 bits per heavy atom. The van der Waals surface area contributed by atoms with E-state index in [9.17, 15) is 14.4 Å². The third-order valence-corrected chi connectivity index (χ3v) is 6.81. The summed E-state index contributed by atoms with van der Waals surface area (Å²) >= 11 is 0. The zero-order chi connectivity index (χ0) is 24.8. The van der Waals surface area contributed by atoms with Crippen molar-refractivity contribution in [3.8, 4) is 0 Å². The van der Waals surface area contributed by atoms with Gasteiger partial charge in [0.25, 0.3) is 5.91 Å². The summed E-state index contributed by atoms with van der Waals surface area (Å²) in [6.45, 7) is 7.58. The van der Waals surface area contributed by atoms with E-state index in [4.69, 9.17) is 9.47 Å². The highest BCUT2D eigenvalue weighted by Gasteiger charge is 2.50. The van der Waals surface area contributed by atoms with Gasteiger partial charge in [-0.25, -0.2) is 9.59 Å². The van der Waals surface area contributed by atoms with E-state index < -0.39 is 11.2 Å². The average molecular weight is 475 g/mol. The predicted octanol–water partition coefficient (Wildman–Crippen LogP) is 4.62. The van der Waals surface area contributed by atoms with Crippen molar-refractivity contribution in [3.05, 3.63) is 76.9 Å². The average Bonchev–Trinajstić information content (AvgIpc) is 3.39. The van der Waals surface area contributed by atoms with Gasteiger partial charge in [-0.1, -0.05) is 36.4 Å². The molecule has 0 radical (unpaired) electrons. The van der Waals surface area contributed by atoms with Crippen LogP contribution in [0.3, 0.4) is 0 Å². The van der Waals surface area contributed by atoms with Crippen molar-refractivity contribution in [1.82, 2.24) is 9.80 Å². The Bertz CT molecular complexity index is 1210. The van der Waals surface area contributed by atoms with Gasteiger partial charge in [0.05, 0.1) is 12.1 Å². The molecule has 5 rings (SSSR count). The molecule has 1 fully saturated rings. The summed E-state index contributed by atoms with van der Waals surface area (Å²) < 4.78 is 11.2. The van der Waals surface area contributed by atoms with E-state index in [2.05, 4.69) is 0 Å². The minimum absolute atomic E-state index is 0.0671. The van der Waals surface area contributed by atoms with Crippen LogP contribution in [0.2, 0.25) is 0 Å². The Labute approximate surface area is 205 Å². The van der Waals surface area contributed by atoms with Gasteiger partial charge in [-0.05, 0) is 56.5 Å². The summed E-state index contributed by atoms with van der Waals surface area (Å²) in [5.41, 5.74) is 3.02. The number of likely N-dealkylation sites (tertiary alicyclic amines) is 1. The smallest absolute Gasteiger partial charge is 0.410 e. The number of fused-ring (bicyclic) bond motifs is 2. The second-order valence-corrected chi connectivity index (χ2v) is 10.4. The maximum Gasteiger partial charge on any atom is 0.410 e. The summed E-state index contributed by atoms with van der Waals surface area (Å²) in [5, 5.41) is 0. The summed E-state index contributed by atoms with van der Waals surface area (Å²) in [6.07, 6.45) is 3.07. The van der Waals surface area contributed by atoms with Crippen LogP contribution in [0.4, 0.5) is 4.79 Å². The first-order valence-electron chi connectivity index (χ1n) is 12.0. The van der Waals surface area contributed by atoms with Crippen LogP contribution in [0.1, 0.15) is 65.5 Å². The second-order valence-electron chi connectivity index (χ2n) is 10.4. The number of hydrogen-bond acceptors (Lipinski definition) is 5. The van der Waals surface area contributed by atoms with Crippen LogP contribution >= 0.6 is 0 Å². The van der Waals surface area contributed by atoms with Crippen LogP contribution < -0.4 is 0 Å². The molecule has 0 bridgehead atoms. The molecule has 2 aromatic carbocycles. The van der Waals surface area contributed by atoms with Gasteiger partial charge in [0.1, 0.15) is 5.60 Å². The summed E-state index contributed by atoms with van der Waals surface area (Å²) in [4.78, 5) is 41.3. The van der Waals surface area contributed by atoms with Crippen molar-refractivity contribution in [2.75, 3.05) is 26.2 Å². The molecular weight excluding hydrogens is 444 g/mol. The van der Waals surface area contributed by atoms with Crippen molar-refractivity contribution < 1.29 is 23.9 Å². The van der Waals surface area contributed by atoms with Crippen LogP contribution in [0.5, 0.6) is 0 Å². The summed E-state index contributed by atoms with van der Waals surface area (Å²) in [6, 6.07) is 15.0. The maximum absolute atomic E-state index is 13.2. The van der Waals surface area contributed by atoms with E-state index >= 15 is 0 Å². The van der Waals surface area contributed by atoms with Crippen LogP contribution in [0.25, 0.3) is 5.57 Å².